The molecule has 0 radical (unpaired) electrons. The number of amides is 2. The standard InChI is InChI=1S/C21H23N3O3/c25-18-8-3-6-16(14-18)19(26)24-13-5-10-21(24)9-4-12-23(20(21)27)15-17-7-1-2-11-22-17/h1-3,6-8,11,14,25H,4-5,9-10,12-13,15H2. The van der Waals surface area contributed by atoms with E-state index in [4.69, 9.17) is 0 Å². The highest BCUT2D eigenvalue weighted by molar-refractivity contribution is 6.00. The Balaban J connectivity index is 1.60. The summed E-state index contributed by atoms with van der Waals surface area (Å²) in [5.41, 5.74) is 0.507. The Hall–Kier alpha value is -2.89. The molecule has 0 aliphatic carbocycles. The van der Waals surface area contributed by atoms with Gasteiger partial charge in [0.15, 0.2) is 0 Å². The van der Waals surface area contributed by atoms with Crippen LogP contribution >= 0.6 is 0 Å². The van der Waals surface area contributed by atoms with E-state index in [0.717, 1.165) is 18.5 Å². The number of nitrogens with zero attached hydrogens (tertiary/aromatic N) is 3. The van der Waals surface area contributed by atoms with Gasteiger partial charge in [0.25, 0.3) is 5.91 Å². The topological polar surface area (TPSA) is 73.7 Å². The van der Waals surface area contributed by atoms with Gasteiger partial charge in [-0.2, -0.15) is 0 Å². The Morgan fingerprint density at radius 1 is 1.11 bits per heavy atom. The molecule has 2 saturated heterocycles. The highest BCUT2D eigenvalue weighted by atomic mass is 16.3. The number of carbonyl (C=O) groups is 2. The molecule has 1 spiro atoms. The highest BCUT2D eigenvalue weighted by Gasteiger charge is 2.52. The molecule has 2 aliphatic rings. The van der Waals surface area contributed by atoms with Crippen LogP contribution in [0.2, 0.25) is 0 Å². The van der Waals surface area contributed by atoms with Gasteiger partial charge in [-0.1, -0.05) is 12.1 Å². The molecule has 6 heteroatoms. The first-order valence-corrected chi connectivity index (χ1v) is 9.40. The van der Waals surface area contributed by atoms with Crippen molar-refractivity contribution in [3.05, 3.63) is 59.9 Å². The van der Waals surface area contributed by atoms with Crippen LogP contribution in [0.25, 0.3) is 0 Å². The number of aromatic hydroxyl groups is 1. The number of hydrogen-bond donors (Lipinski definition) is 1. The fourth-order valence-electron chi connectivity index (χ4n) is 4.35. The van der Waals surface area contributed by atoms with Crippen LogP contribution in [-0.4, -0.2) is 50.3 Å². The predicted octanol–water partition coefficient (Wildman–Crippen LogP) is 2.58. The van der Waals surface area contributed by atoms with Gasteiger partial charge in [0, 0.05) is 24.8 Å². The van der Waals surface area contributed by atoms with Crippen LogP contribution in [0.15, 0.2) is 48.7 Å². The zero-order valence-corrected chi connectivity index (χ0v) is 15.2. The maximum absolute atomic E-state index is 13.4. The second kappa shape index (κ2) is 7.02. The maximum atomic E-state index is 13.4. The summed E-state index contributed by atoms with van der Waals surface area (Å²) in [6.45, 7) is 1.72. The lowest BCUT2D eigenvalue weighted by Crippen LogP contribution is -2.61. The Morgan fingerprint density at radius 3 is 2.67 bits per heavy atom. The zero-order chi connectivity index (χ0) is 18.9. The molecule has 2 aliphatic heterocycles. The predicted molar refractivity (Wildman–Crippen MR) is 100.0 cm³/mol. The number of phenols is 1. The van der Waals surface area contributed by atoms with Gasteiger partial charge in [-0.25, -0.2) is 0 Å². The Labute approximate surface area is 158 Å². The van der Waals surface area contributed by atoms with Crippen molar-refractivity contribution >= 4 is 11.8 Å². The van der Waals surface area contributed by atoms with Gasteiger partial charge in [-0.15, -0.1) is 0 Å². The number of carbonyl (C=O) groups excluding carboxylic acids is 2. The lowest BCUT2D eigenvalue weighted by molar-refractivity contribution is -0.146. The maximum Gasteiger partial charge on any atom is 0.254 e. The normalized spacial score (nSPS) is 22.4. The van der Waals surface area contributed by atoms with E-state index in [1.54, 1.807) is 23.2 Å². The van der Waals surface area contributed by atoms with Crippen molar-refractivity contribution in [3.63, 3.8) is 0 Å². The van der Waals surface area contributed by atoms with Crippen LogP contribution in [0.3, 0.4) is 0 Å². The van der Waals surface area contributed by atoms with E-state index in [0.29, 0.717) is 38.0 Å². The second-order valence-electron chi connectivity index (χ2n) is 7.29. The summed E-state index contributed by atoms with van der Waals surface area (Å²) < 4.78 is 0. The number of hydrogen-bond acceptors (Lipinski definition) is 4. The van der Waals surface area contributed by atoms with Crippen molar-refractivity contribution in [1.82, 2.24) is 14.8 Å². The molecule has 6 nitrogen and oxygen atoms in total. The number of rotatable bonds is 3. The van der Waals surface area contributed by atoms with Gasteiger partial charge in [0.05, 0.1) is 12.2 Å². The minimum Gasteiger partial charge on any atom is -0.508 e. The van der Waals surface area contributed by atoms with Gasteiger partial charge >= 0.3 is 0 Å². The molecule has 2 fully saturated rings. The molecule has 0 saturated carbocycles. The van der Waals surface area contributed by atoms with Crippen molar-refractivity contribution in [1.29, 1.82) is 0 Å². The molecule has 1 aromatic heterocycles. The van der Waals surface area contributed by atoms with E-state index in [9.17, 15) is 14.7 Å². The van der Waals surface area contributed by atoms with E-state index in [1.807, 2.05) is 23.1 Å². The fraction of sp³-hybridized carbons (Fsp3) is 0.381. The van der Waals surface area contributed by atoms with E-state index < -0.39 is 5.54 Å². The lowest BCUT2D eigenvalue weighted by Gasteiger charge is -2.44. The molecule has 1 atom stereocenters. The SMILES string of the molecule is O=C(c1cccc(O)c1)N1CCCC12CCCN(Cc1ccccn1)C2=O. The number of phenolic OH excluding ortho intramolecular Hbond substituents is 1. The summed E-state index contributed by atoms with van der Waals surface area (Å²) in [5.74, 6) is -0.109. The van der Waals surface area contributed by atoms with Gasteiger partial charge < -0.3 is 14.9 Å². The first kappa shape index (κ1) is 17.5. The fourth-order valence-corrected chi connectivity index (χ4v) is 4.35. The number of piperidine rings is 1. The molecule has 4 rings (SSSR count). The first-order chi connectivity index (χ1) is 13.1. The minimum absolute atomic E-state index is 0.0189. The smallest absolute Gasteiger partial charge is 0.254 e. The zero-order valence-electron chi connectivity index (χ0n) is 15.2. The molecule has 3 heterocycles. The van der Waals surface area contributed by atoms with E-state index in [1.165, 1.54) is 12.1 Å². The summed E-state index contributed by atoms with van der Waals surface area (Å²) in [5, 5.41) is 9.71. The van der Waals surface area contributed by atoms with Crippen molar-refractivity contribution in [2.24, 2.45) is 0 Å². The average molecular weight is 365 g/mol. The Bertz CT molecular complexity index is 855. The Morgan fingerprint density at radius 2 is 1.93 bits per heavy atom. The minimum atomic E-state index is -0.768. The highest BCUT2D eigenvalue weighted by Crippen LogP contribution is 2.39. The molecule has 1 aromatic carbocycles. The largest absolute Gasteiger partial charge is 0.508 e. The molecule has 27 heavy (non-hydrogen) atoms. The lowest BCUT2D eigenvalue weighted by atomic mass is 9.85. The summed E-state index contributed by atoms with van der Waals surface area (Å²) in [6.07, 6.45) is 4.78. The van der Waals surface area contributed by atoms with Gasteiger partial charge in [-0.3, -0.25) is 14.6 Å². The third kappa shape index (κ3) is 3.16. The quantitative estimate of drug-likeness (QED) is 0.907. The van der Waals surface area contributed by atoms with Gasteiger partial charge in [-0.05, 0) is 56.0 Å². The number of likely N-dealkylation sites (tertiary alicyclic amines) is 2. The van der Waals surface area contributed by atoms with Crippen molar-refractivity contribution in [3.8, 4) is 5.75 Å². The molecule has 1 N–H and O–H groups in total. The molecule has 2 amide bonds. The average Bonchev–Trinajstić information content (AvgIpc) is 3.10. The van der Waals surface area contributed by atoms with E-state index in [-0.39, 0.29) is 17.6 Å². The van der Waals surface area contributed by atoms with E-state index >= 15 is 0 Å². The Kier molecular flexibility index (Phi) is 4.56. The van der Waals surface area contributed by atoms with Gasteiger partial charge in [0.1, 0.15) is 11.3 Å². The van der Waals surface area contributed by atoms with Crippen LogP contribution in [0.1, 0.15) is 41.7 Å². The molecular weight excluding hydrogens is 342 g/mol. The third-order valence-electron chi connectivity index (χ3n) is 5.61. The third-order valence-corrected chi connectivity index (χ3v) is 5.61. The van der Waals surface area contributed by atoms with Gasteiger partial charge in [0.2, 0.25) is 5.91 Å². The molecule has 1 unspecified atom stereocenters. The van der Waals surface area contributed by atoms with Crippen LogP contribution < -0.4 is 0 Å². The van der Waals surface area contributed by atoms with Crippen LogP contribution in [0.4, 0.5) is 0 Å². The summed E-state index contributed by atoms with van der Waals surface area (Å²) in [7, 11) is 0. The summed E-state index contributed by atoms with van der Waals surface area (Å²) in [4.78, 5) is 34.4. The number of aromatic nitrogens is 1. The molecule has 2 aromatic rings. The second-order valence-corrected chi connectivity index (χ2v) is 7.29. The number of pyridine rings is 1. The van der Waals surface area contributed by atoms with Crippen molar-refractivity contribution < 1.29 is 14.7 Å². The monoisotopic (exact) mass is 365 g/mol. The van der Waals surface area contributed by atoms with Crippen LogP contribution in [0.5, 0.6) is 5.75 Å². The molecule has 0 bridgehead atoms. The van der Waals surface area contributed by atoms with Crippen LogP contribution in [-0.2, 0) is 11.3 Å². The molecule has 140 valence electrons. The summed E-state index contributed by atoms with van der Waals surface area (Å²) in [6, 6.07) is 12.0. The summed E-state index contributed by atoms with van der Waals surface area (Å²) >= 11 is 0. The number of benzene rings is 1. The van der Waals surface area contributed by atoms with Crippen molar-refractivity contribution in [2.75, 3.05) is 13.1 Å². The first-order valence-electron chi connectivity index (χ1n) is 9.40. The van der Waals surface area contributed by atoms with Crippen LogP contribution in [0, 0.1) is 0 Å². The molecular formula is C21H23N3O3. The van der Waals surface area contributed by atoms with E-state index in [2.05, 4.69) is 4.98 Å². The van der Waals surface area contributed by atoms with Crippen molar-refractivity contribution in [2.45, 2.75) is 37.8 Å².